The van der Waals surface area contributed by atoms with Gasteiger partial charge < -0.3 is 9.84 Å². The van der Waals surface area contributed by atoms with Crippen molar-refractivity contribution in [3.63, 3.8) is 0 Å². The van der Waals surface area contributed by atoms with Gasteiger partial charge in [0.1, 0.15) is 11.5 Å². The summed E-state index contributed by atoms with van der Waals surface area (Å²) in [4.78, 5) is 30.4. The van der Waals surface area contributed by atoms with Gasteiger partial charge in [-0.1, -0.05) is 23.2 Å². The van der Waals surface area contributed by atoms with E-state index in [1.54, 1.807) is 24.3 Å². The second kappa shape index (κ2) is 6.99. The second-order valence-corrected chi connectivity index (χ2v) is 6.57. The molecule has 10 heteroatoms. The highest BCUT2D eigenvalue weighted by Gasteiger charge is 2.13. The van der Waals surface area contributed by atoms with Crippen molar-refractivity contribution in [1.82, 2.24) is 19.7 Å². The van der Waals surface area contributed by atoms with E-state index in [4.69, 9.17) is 33.0 Å². The van der Waals surface area contributed by atoms with Crippen molar-refractivity contribution in [3.8, 4) is 17.4 Å². The number of rotatable bonds is 4. The predicted octanol–water partition coefficient (Wildman–Crippen LogP) is 3.91. The van der Waals surface area contributed by atoms with Crippen LogP contribution in [0.4, 0.5) is 0 Å². The molecule has 8 nitrogen and oxygen atoms in total. The number of halogens is 2. The van der Waals surface area contributed by atoms with Gasteiger partial charge in [-0.3, -0.25) is 9.78 Å². The maximum Gasteiger partial charge on any atom is 0.338 e. The molecule has 2 aromatic carbocycles. The number of ether oxygens (including phenoxy) is 1. The Morgan fingerprint density at radius 2 is 1.93 bits per heavy atom. The monoisotopic (exact) mass is 416 g/mol. The lowest BCUT2D eigenvalue weighted by Gasteiger charge is -2.09. The van der Waals surface area contributed by atoms with E-state index in [0.717, 1.165) is 10.9 Å². The summed E-state index contributed by atoms with van der Waals surface area (Å²) in [5.74, 6) is -0.290. The van der Waals surface area contributed by atoms with Gasteiger partial charge in [0.2, 0.25) is 5.95 Å². The minimum Gasteiger partial charge on any atom is -0.478 e. The smallest absolute Gasteiger partial charge is 0.338 e. The fraction of sp³-hybridized carbons (Fsp3) is 0. The van der Waals surface area contributed by atoms with Crippen molar-refractivity contribution < 1.29 is 14.6 Å². The summed E-state index contributed by atoms with van der Waals surface area (Å²) < 4.78 is 6.88. The number of aromatic nitrogens is 4. The Kier molecular flexibility index (Phi) is 4.50. The Balaban J connectivity index is 1.76. The van der Waals surface area contributed by atoms with Crippen LogP contribution in [0.3, 0.4) is 0 Å². The second-order valence-electron chi connectivity index (χ2n) is 5.72. The lowest BCUT2D eigenvalue weighted by atomic mass is 10.2. The third-order valence-electron chi connectivity index (χ3n) is 3.83. The average Bonchev–Trinajstić information content (AvgIpc) is 3.15. The maximum absolute atomic E-state index is 12.5. The minimum atomic E-state index is -1.14. The first-order chi connectivity index (χ1) is 13.4. The van der Waals surface area contributed by atoms with Crippen LogP contribution in [0.5, 0.6) is 11.5 Å². The summed E-state index contributed by atoms with van der Waals surface area (Å²) in [5.41, 5.74) is -0.183. The molecule has 0 bridgehead atoms. The Bertz CT molecular complexity index is 1270. The molecule has 0 saturated heterocycles. The molecule has 0 aliphatic heterocycles. The van der Waals surface area contributed by atoms with Gasteiger partial charge in [-0.15, -0.1) is 0 Å². The number of carboxylic acid groups (broad SMARTS) is 1. The molecule has 0 aliphatic carbocycles. The third kappa shape index (κ3) is 3.42. The molecule has 2 N–H and O–H groups in total. The van der Waals surface area contributed by atoms with Crippen LogP contribution in [-0.2, 0) is 0 Å². The fourth-order valence-corrected chi connectivity index (χ4v) is 2.82. The molecule has 140 valence electrons. The van der Waals surface area contributed by atoms with Crippen molar-refractivity contribution in [3.05, 3.63) is 74.8 Å². The SMILES string of the molecule is O=C(O)c1cnn(-c2nc3cc(Cl)c(Oc4ccc(Cl)cc4)cc3c(=O)[nH]2)c1. The Morgan fingerprint density at radius 3 is 2.61 bits per heavy atom. The van der Waals surface area contributed by atoms with Gasteiger partial charge >= 0.3 is 5.97 Å². The van der Waals surface area contributed by atoms with Crippen molar-refractivity contribution in [2.24, 2.45) is 0 Å². The highest BCUT2D eigenvalue weighted by Crippen LogP contribution is 2.32. The standard InChI is InChI=1S/C18H10Cl2N4O4/c19-10-1-3-11(4-2-10)28-15-5-12-14(6-13(15)20)22-18(23-16(12)25)24-8-9(7-21-24)17(26)27/h1-8H,(H,26,27)(H,22,23,25). The number of hydrogen-bond acceptors (Lipinski definition) is 5. The van der Waals surface area contributed by atoms with Crippen molar-refractivity contribution >= 4 is 40.1 Å². The zero-order chi connectivity index (χ0) is 19.8. The predicted molar refractivity (Wildman–Crippen MR) is 103 cm³/mol. The van der Waals surface area contributed by atoms with Crippen LogP contribution in [0.25, 0.3) is 16.9 Å². The molecule has 2 aromatic heterocycles. The van der Waals surface area contributed by atoms with Crippen molar-refractivity contribution in [2.75, 3.05) is 0 Å². The maximum atomic E-state index is 12.5. The number of hydrogen-bond donors (Lipinski definition) is 2. The molecule has 0 radical (unpaired) electrons. The number of carbonyl (C=O) groups is 1. The molecular weight excluding hydrogens is 407 g/mol. The quantitative estimate of drug-likeness (QED) is 0.521. The summed E-state index contributed by atoms with van der Waals surface area (Å²) in [6.45, 7) is 0. The normalized spacial score (nSPS) is 10.9. The van der Waals surface area contributed by atoms with E-state index < -0.39 is 11.5 Å². The van der Waals surface area contributed by atoms with Gasteiger partial charge in [-0.2, -0.15) is 5.10 Å². The van der Waals surface area contributed by atoms with E-state index in [0.29, 0.717) is 16.3 Å². The Labute approximate surface area is 166 Å². The molecule has 4 rings (SSSR count). The molecule has 0 saturated carbocycles. The minimum absolute atomic E-state index is 0.0347. The summed E-state index contributed by atoms with van der Waals surface area (Å²) in [6, 6.07) is 9.65. The van der Waals surface area contributed by atoms with E-state index in [9.17, 15) is 9.59 Å². The third-order valence-corrected chi connectivity index (χ3v) is 4.38. The summed E-state index contributed by atoms with van der Waals surface area (Å²) >= 11 is 12.1. The van der Waals surface area contributed by atoms with Crippen molar-refractivity contribution in [1.29, 1.82) is 0 Å². The van der Waals surface area contributed by atoms with Crippen LogP contribution >= 0.6 is 23.2 Å². The van der Waals surface area contributed by atoms with Gasteiger partial charge in [0.25, 0.3) is 5.56 Å². The molecular formula is C18H10Cl2N4O4. The van der Waals surface area contributed by atoms with Gasteiger partial charge in [0.15, 0.2) is 0 Å². The van der Waals surface area contributed by atoms with Gasteiger partial charge in [-0.05, 0) is 36.4 Å². The summed E-state index contributed by atoms with van der Waals surface area (Å²) in [6.07, 6.45) is 2.40. The molecule has 0 atom stereocenters. The molecule has 4 aromatic rings. The highest BCUT2D eigenvalue weighted by atomic mass is 35.5. The van der Waals surface area contributed by atoms with Crippen LogP contribution in [-0.4, -0.2) is 30.8 Å². The van der Waals surface area contributed by atoms with Crippen LogP contribution in [0.15, 0.2) is 53.6 Å². The molecule has 0 amide bonds. The zero-order valence-electron chi connectivity index (χ0n) is 13.9. The zero-order valence-corrected chi connectivity index (χ0v) is 15.4. The van der Waals surface area contributed by atoms with Gasteiger partial charge in [0.05, 0.1) is 27.7 Å². The van der Waals surface area contributed by atoms with E-state index >= 15 is 0 Å². The first-order valence-electron chi connectivity index (χ1n) is 7.86. The number of fused-ring (bicyclic) bond motifs is 1. The van der Waals surface area contributed by atoms with Crippen molar-refractivity contribution in [2.45, 2.75) is 0 Å². The number of H-pyrrole nitrogens is 1. The number of benzene rings is 2. The first kappa shape index (κ1) is 18.0. The Morgan fingerprint density at radius 1 is 1.18 bits per heavy atom. The number of carboxylic acids is 1. The first-order valence-corrected chi connectivity index (χ1v) is 8.61. The van der Waals surface area contributed by atoms with Gasteiger partial charge in [0, 0.05) is 11.2 Å². The van der Waals surface area contributed by atoms with Crippen LogP contribution in [0.2, 0.25) is 10.0 Å². The molecule has 28 heavy (non-hydrogen) atoms. The van der Waals surface area contributed by atoms with Crippen LogP contribution < -0.4 is 10.3 Å². The number of aromatic amines is 1. The molecule has 2 heterocycles. The lowest BCUT2D eigenvalue weighted by molar-refractivity contribution is 0.0697. The topological polar surface area (TPSA) is 110 Å². The molecule has 0 spiro atoms. The fourth-order valence-electron chi connectivity index (χ4n) is 2.49. The molecule has 0 unspecified atom stereocenters. The van der Waals surface area contributed by atoms with Gasteiger partial charge in [-0.25, -0.2) is 14.5 Å². The highest BCUT2D eigenvalue weighted by molar-refractivity contribution is 6.32. The number of nitrogens with zero attached hydrogens (tertiary/aromatic N) is 3. The molecule has 0 fully saturated rings. The van der Waals surface area contributed by atoms with E-state index in [1.807, 2.05) is 0 Å². The average molecular weight is 417 g/mol. The lowest BCUT2D eigenvalue weighted by Crippen LogP contribution is -2.14. The largest absolute Gasteiger partial charge is 0.478 e. The van der Waals surface area contributed by atoms with Crippen LogP contribution in [0.1, 0.15) is 10.4 Å². The van der Waals surface area contributed by atoms with E-state index in [2.05, 4.69) is 15.1 Å². The number of aromatic carboxylic acids is 1. The van der Waals surface area contributed by atoms with E-state index in [-0.39, 0.29) is 27.7 Å². The van der Waals surface area contributed by atoms with Crippen LogP contribution in [0, 0.1) is 0 Å². The summed E-state index contributed by atoms with van der Waals surface area (Å²) in [7, 11) is 0. The number of nitrogens with one attached hydrogen (secondary N) is 1. The molecule has 0 aliphatic rings. The van der Waals surface area contributed by atoms with E-state index in [1.165, 1.54) is 18.3 Å². The Hall–Kier alpha value is -3.36. The summed E-state index contributed by atoms with van der Waals surface area (Å²) in [5, 5.41) is 13.9.